The second-order valence-corrected chi connectivity index (χ2v) is 5.24. The van der Waals surface area contributed by atoms with E-state index in [0.29, 0.717) is 6.54 Å². The third-order valence-corrected chi connectivity index (χ3v) is 3.82. The lowest BCUT2D eigenvalue weighted by molar-refractivity contribution is 0.783. The molecule has 0 saturated heterocycles. The van der Waals surface area contributed by atoms with Crippen LogP contribution >= 0.6 is 0 Å². The highest BCUT2D eigenvalue weighted by Crippen LogP contribution is 2.23. The number of hydrogen-bond donors (Lipinski definition) is 1. The smallest absolute Gasteiger partial charge is 0.152 e. The molecule has 21 heavy (non-hydrogen) atoms. The van der Waals surface area contributed by atoms with Crippen molar-refractivity contribution in [2.75, 3.05) is 5.32 Å². The predicted octanol–water partition coefficient (Wildman–Crippen LogP) is 2.65. The Bertz CT molecular complexity index is 876. The van der Waals surface area contributed by atoms with Gasteiger partial charge in [0.1, 0.15) is 5.69 Å². The number of hydrogen-bond acceptors (Lipinski definition) is 4. The fraction of sp³-hybridized carbons (Fsp3) is 0.188. The highest BCUT2D eigenvalue weighted by atomic mass is 15.3. The maximum Gasteiger partial charge on any atom is 0.152 e. The minimum Gasteiger partial charge on any atom is -0.339 e. The number of aryl methyl sites for hydroxylation is 2. The maximum absolute atomic E-state index is 4.53. The summed E-state index contributed by atoms with van der Waals surface area (Å²) in [6, 6.07) is 10.2. The second-order valence-electron chi connectivity index (χ2n) is 5.24. The van der Waals surface area contributed by atoms with Crippen LogP contribution < -0.4 is 5.32 Å². The number of nitrogens with one attached hydrogen (secondary N) is 1. The van der Waals surface area contributed by atoms with Gasteiger partial charge in [-0.15, -0.1) is 0 Å². The molecule has 0 aliphatic carbocycles. The van der Waals surface area contributed by atoms with Gasteiger partial charge in [-0.1, -0.05) is 6.07 Å². The Labute approximate surface area is 122 Å². The summed E-state index contributed by atoms with van der Waals surface area (Å²) < 4.78 is 1.90. The molecule has 0 saturated carbocycles. The largest absolute Gasteiger partial charge is 0.339 e. The van der Waals surface area contributed by atoms with Crippen molar-refractivity contribution in [2.24, 2.45) is 12.0 Å². The summed E-state index contributed by atoms with van der Waals surface area (Å²) >= 11 is 0. The molecule has 4 rings (SSSR count). The Morgan fingerprint density at radius 1 is 1.24 bits per heavy atom. The van der Waals surface area contributed by atoms with Crippen molar-refractivity contribution < 1.29 is 0 Å². The minimum atomic E-state index is 0.694. The van der Waals surface area contributed by atoms with Crippen molar-refractivity contribution in [1.29, 1.82) is 0 Å². The molecule has 5 heteroatoms. The summed E-state index contributed by atoms with van der Waals surface area (Å²) in [7, 11) is 1.96. The third-order valence-electron chi connectivity index (χ3n) is 3.82. The van der Waals surface area contributed by atoms with Gasteiger partial charge in [-0.05, 0) is 31.2 Å². The van der Waals surface area contributed by atoms with Crippen molar-refractivity contribution in [3.63, 3.8) is 0 Å². The van der Waals surface area contributed by atoms with Gasteiger partial charge < -0.3 is 5.32 Å². The molecule has 0 amide bonds. The lowest BCUT2D eigenvalue weighted by atomic mass is 10.2. The number of rotatable bonds is 1. The van der Waals surface area contributed by atoms with Crippen LogP contribution in [-0.4, -0.2) is 20.6 Å². The van der Waals surface area contributed by atoms with Crippen LogP contribution in [0.5, 0.6) is 0 Å². The zero-order chi connectivity index (χ0) is 14.4. The van der Waals surface area contributed by atoms with Crippen molar-refractivity contribution >= 4 is 22.4 Å². The van der Waals surface area contributed by atoms with E-state index in [2.05, 4.69) is 38.6 Å². The zero-order valence-electron chi connectivity index (χ0n) is 12.0. The normalized spacial score (nSPS) is 13.3. The van der Waals surface area contributed by atoms with Crippen LogP contribution in [0.25, 0.3) is 10.9 Å². The van der Waals surface area contributed by atoms with Crippen molar-refractivity contribution in [2.45, 2.75) is 13.5 Å². The highest BCUT2D eigenvalue weighted by molar-refractivity contribution is 6.09. The van der Waals surface area contributed by atoms with Crippen LogP contribution in [0.1, 0.15) is 17.0 Å². The molecule has 0 unspecified atom stereocenters. The molecule has 0 fully saturated rings. The predicted molar refractivity (Wildman–Crippen MR) is 83.6 cm³/mol. The van der Waals surface area contributed by atoms with Crippen molar-refractivity contribution in [1.82, 2.24) is 14.8 Å². The van der Waals surface area contributed by atoms with Gasteiger partial charge in [-0.25, -0.2) is 0 Å². The number of aliphatic imine (C=N–C) groups is 1. The number of anilines is 1. The molecule has 2 aromatic heterocycles. The number of nitrogens with zero attached hydrogens (tertiary/aromatic N) is 4. The van der Waals surface area contributed by atoms with Crippen LogP contribution in [0.4, 0.5) is 5.69 Å². The average molecular weight is 277 g/mol. The molecular weight excluding hydrogens is 262 g/mol. The van der Waals surface area contributed by atoms with Crippen molar-refractivity contribution in [3.8, 4) is 0 Å². The monoisotopic (exact) mass is 277 g/mol. The van der Waals surface area contributed by atoms with Crippen LogP contribution in [0.15, 0.2) is 41.5 Å². The summed E-state index contributed by atoms with van der Waals surface area (Å²) in [5.74, 6) is 0.839. The highest BCUT2D eigenvalue weighted by Gasteiger charge is 2.17. The van der Waals surface area contributed by atoms with E-state index in [0.717, 1.165) is 33.8 Å². The molecule has 104 valence electrons. The molecule has 3 aromatic rings. The molecule has 1 aliphatic heterocycles. The Morgan fingerprint density at radius 2 is 2.14 bits per heavy atom. The number of pyridine rings is 1. The first-order valence-electron chi connectivity index (χ1n) is 6.91. The minimum absolute atomic E-state index is 0.694. The molecule has 0 radical (unpaired) electrons. The molecule has 0 bridgehead atoms. The summed E-state index contributed by atoms with van der Waals surface area (Å²) in [5.41, 5.74) is 5.28. The maximum atomic E-state index is 4.53. The van der Waals surface area contributed by atoms with E-state index < -0.39 is 0 Å². The van der Waals surface area contributed by atoms with E-state index in [4.69, 9.17) is 0 Å². The summed E-state index contributed by atoms with van der Waals surface area (Å²) in [6.45, 7) is 2.72. The van der Waals surface area contributed by atoms with Crippen LogP contribution in [0.2, 0.25) is 0 Å². The topological polar surface area (TPSA) is 55.1 Å². The van der Waals surface area contributed by atoms with Gasteiger partial charge >= 0.3 is 0 Å². The Kier molecular flexibility index (Phi) is 2.54. The first kappa shape index (κ1) is 12.1. The van der Waals surface area contributed by atoms with E-state index in [1.165, 1.54) is 5.56 Å². The summed E-state index contributed by atoms with van der Waals surface area (Å²) in [6.07, 6.45) is 1.80. The Balaban J connectivity index is 1.71. The number of aromatic nitrogens is 3. The fourth-order valence-electron chi connectivity index (χ4n) is 2.77. The lowest BCUT2D eigenvalue weighted by Crippen LogP contribution is -2.13. The van der Waals surface area contributed by atoms with Gasteiger partial charge in [-0.2, -0.15) is 5.10 Å². The van der Waals surface area contributed by atoms with E-state index >= 15 is 0 Å². The first-order chi connectivity index (χ1) is 10.2. The number of benzene rings is 1. The molecule has 1 aliphatic rings. The zero-order valence-corrected chi connectivity index (χ0v) is 12.0. The quantitative estimate of drug-likeness (QED) is 0.744. The SMILES string of the molecule is Cc1nn(C)c2ccc(NC3=NCc4cccnc43)cc12. The van der Waals surface area contributed by atoms with Gasteiger partial charge in [0.25, 0.3) is 0 Å². The lowest BCUT2D eigenvalue weighted by Gasteiger charge is -2.07. The van der Waals surface area contributed by atoms with Gasteiger partial charge in [0, 0.05) is 29.9 Å². The summed E-state index contributed by atoms with van der Waals surface area (Å²) in [5, 5.41) is 8.98. The Morgan fingerprint density at radius 3 is 3.05 bits per heavy atom. The van der Waals surface area contributed by atoms with Gasteiger partial charge in [0.2, 0.25) is 0 Å². The molecule has 1 aromatic carbocycles. The first-order valence-corrected chi connectivity index (χ1v) is 6.91. The Hall–Kier alpha value is -2.69. The standard InChI is InChI=1S/C16H15N5/c1-10-13-8-12(5-6-14(13)21(2)20-10)19-16-15-11(9-18-16)4-3-7-17-15/h3-8H,9H2,1-2H3,(H,18,19). The summed E-state index contributed by atoms with van der Waals surface area (Å²) in [4.78, 5) is 8.94. The van der Waals surface area contributed by atoms with Gasteiger partial charge in [0.15, 0.2) is 5.84 Å². The fourth-order valence-corrected chi connectivity index (χ4v) is 2.77. The average Bonchev–Trinajstić information content (AvgIpc) is 3.02. The van der Waals surface area contributed by atoms with Crippen LogP contribution in [0, 0.1) is 6.92 Å². The van der Waals surface area contributed by atoms with Crippen LogP contribution in [-0.2, 0) is 13.6 Å². The van der Waals surface area contributed by atoms with Crippen molar-refractivity contribution in [3.05, 3.63) is 53.5 Å². The van der Waals surface area contributed by atoms with Gasteiger partial charge in [-0.3, -0.25) is 14.7 Å². The number of amidine groups is 1. The van der Waals surface area contributed by atoms with E-state index in [9.17, 15) is 0 Å². The third kappa shape index (κ3) is 1.89. The van der Waals surface area contributed by atoms with Gasteiger partial charge in [0.05, 0.1) is 17.8 Å². The van der Waals surface area contributed by atoms with E-state index in [1.54, 1.807) is 6.20 Å². The number of fused-ring (bicyclic) bond motifs is 2. The molecule has 5 nitrogen and oxygen atoms in total. The van der Waals surface area contributed by atoms with E-state index in [1.807, 2.05) is 30.8 Å². The molecule has 0 atom stereocenters. The molecule has 1 N–H and O–H groups in total. The molecule has 3 heterocycles. The molecular formula is C16H15N5. The molecule has 0 spiro atoms. The second kappa shape index (κ2) is 4.41. The van der Waals surface area contributed by atoms with Crippen LogP contribution in [0.3, 0.4) is 0 Å². The van der Waals surface area contributed by atoms with E-state index in [-0.39, 0.29) is 0 Å².